The van der Waals surface area contributed by atoms with Crippen LogP contribution in [0.15, 0.2) is 48.7 Å². The number of likely N-dealkylation sites (tertiary alicyclic amines) is 1. The number of rotatable bonds is 25. The minimum absolute atomic E-state index is 0.00412. The second-order valence-corrected chi connectivity index (χ2v) is 21.2. The average Bonchev–Trinajstić information content (AvgIpc) is 3.86. The maximum atomic E-state index is 12.6. The smallest absolute Gasteiger partial charge is 0.321 e. The van der Waals surface area contributed by atoms with Gasteiger partial charge in [-0.1, -0.05) is 93.4 Å². The maximum absolute atomic E-state index is 12.6. The van der Waals surface area contributed by atoms with E-state index in [1.165, 1.54) is 37.0 Å². The van der Waals surface area contributed by atoms with E-state index in [4.69, 9.17) is 9.47 Å². The molecule has 1 saturated heterocycles. The van der Waals surface area contributed by atoms with Crippen LogP contribution in [0, 0.1) is 35.5 Å². The molecule has 6 unspecified atom stereocenters. The maximum Gasteiger partial charge on any atom is 0.321 e. The van der Waals surface area contributed by atoms with E-state index in [0.717, 1.165) is 80.7 Å². The van der Waals surface area contributed by atoms with Gasteiger partial charge in [-0.25, -0.2) is 4.79 Å². The Labute approximate surface area is 471 Å². The van der Waals surface area contributed by atoms with Crippen molar-refractivity contribution in [2.75, 3.05) is 74.4 Å². The van der Waals surface area contributed by atoms with E-state index in [9.17, 15) is 38.4 Å². The zero-order chi connectivity index (χ0) is 59.9. The highest BCUT2D eigenvalue weighted by molar-refractivity contribution is 5.94. The molecule has 0 radical (unpaired) electrons. The Morgan fingerprint density at radius 2 is 1.42 bits per heavy atom. The van der Waals surface area contributed by atoms with Crippen molar-refractivity contribution in [3.8, 4) is 0 Å². The first kappa shape index (κ1) is 74.8. The van der Waals surface area contributed by atoms with Gasteiger partial charge in [-0.05, 0) is 120 Å². The number of likely N-dealkylation sites (N-methyl/N-ethyl adjacent to an activating group) is 4. The standard InChI is InChI=1S/C24H34N4O4.C17H31N3O4.C10H19NO2.C6H14.C3H8/c1-17(25-2)23(31)27-21-12-8-18(9-13-21)15-26-24(32)20-10-6-19(7-11-20)16-28(3)22(30)5-4-14-29;1-7-10-19(4)17(23)18-12-15(22)20(5)16(13(3)8-2)14(24-6)9-11-21;1-8(7-12)10(13-3)9-5-4-6-11(9)2;1-5(2)6(3)4;1-3-2/h4-5,8-9,12-14,17,19-20,25H,6-7,10-11,15-16H2,1-3H3,(H,26,32)(H,27,31);7,10-11,13-14,16H,8-9,12H2,1-6H3,(H,18,23);7-10H,4-6H2,1-3H3;5-6H,1-4H3;3H2,1-2H3/b5-4-;;;;/t17-,19?,20?;;;;/m0..../s1. The van der Waals surface area contributed by atoms with Crippen molar-refractivity contribution < 1.29 is 47.8 Å². The second kappa shape index (κ2) is 43.6. The molecule has 1 heterocycles. The summed E-state index contributed by atoms with van der Waals surface area (Å²) in [7, 11) is 12.1. The quantitative estimate of drug-likeness (QED) is 0.0539. The molecule has 1 aromatic rings. The van der Waals surface area contributed by atoms with Gasteiger partial charge in [0.1, 0.15) is 18.9 Å². The van der Waals surface area contributed by atoms with Crippen molar-refractivity contribution in [2.45, 2.75) is 171 Å². The first-order chi connectivity index (χ1) is 36.9. The minimum Gasteiger partial charge on any atom is -0.379 e. The van der Waals surface area contributed by atoms with Crippen molar-refractivity contribution in [1.82, 2.24) is 35.6 Å². The van der Waals surface area contributed by atoms with Crippen molar-refractivity contribution in [3.63, 3.8) is 0 Å². The molecule has 1 saturated carbocycles. The number of carbonyl (C=O) groups is 8. The van der Waals surface area contributed by atoms with Gasteiger partial charge in [0, 0.05) is 90.7 Å². The van der Waals surface area contributed by atoms with Crippen molar-refractivity contribution >= 4 is 54.2 Å². The normalized spacial score (nSPS) is 18.3. The minimum atomic E-state index is -0.368. The van der Waals surface area contributed by atoms with Crippen LogP contribution >= 0.6 is 0 Å². The first-order valence-corrected chi connectivity index (χ1v) is 28.2. The summed E-state index contributed by atoms with van der Waals surface area (Å²) in [6.45, 7) is 24.9. The Kier molecular flexibility index (Phi) is 41.8. The predicted octanol–water partition coefficient (Wildman–Crippen LogP) is 8.15. The lowest BCUT2D eigenvalue weighted by Crippen LogP contribution is -2.52. The number of urea groups is 1. The van der Waals surface area contributed by atoms with E-state index < -0.39 is 0 Å². The van der Waals surface area contributed by atoms with Crippen LogP contribution < -0.4 is 21.3 Å². The molecule has 3 rings (SSSR count). The number of amides is 6. The molecule has 446 valence electrons. The van der Waals surface area contributed by atoms with Gasteiger partial charge in [-0.3, -0.25) is 24.0 Å². The first-order valence-electron chi connectivity index (χ1n) is 28.2. The summed E-state index contributed by atoms with van der Waals surface area (Å²) in [5.74, 6) is 1.76. The molecule has 1 aliphatic carbocycles. The lowest BCUT2D eigenvalue weighted by atomic mass is 9.81. The number of nitrogens with zero attached hydrogens (tertiary/aromatic N) is 4. The van der Waals surface area contributed by atoms with E-state index in [1.807, 2.05) is 45.0 Å². The van der Waals surface area contributed by atoms with Crippen molar-refractivity contribution in [2.24, 2.45) is 35.5 Å². The summed E-state index contributed by atoms with van der Waals surface area (Å²) >= 11 is 0. The monoisotopic (exact) mass is 1100 g/mol. The van der Waals surface area contributed by atoms with Gasteiger partial charge < -0.3 is 59.9 Å². The van der Waals surface area contributed by atoms with Crippen LogP contribution in [0.2, 0.25) is 0 Å². The Hall–Kier alpha value is -5.30. The molecular formula is C60H106N8O10. The van der Waals surface area contributed by atoms with Crippen LogP contribution in [-0.2, 0) is 49.6 Å². The average molecular weight is 1100 g/mol. The Morgan fingerprint density at radius 3 is 1.87 bits per heavy atom. The molecular weight excluding hydrogens is 993 g/mol. The molecule has 0 spiro atoms. The van der Waals surface area contributed by atoms with Gasteiger partial charge in [0.2, 0.25) is 23.6 Å². The van der Waals surface area contributed by atoms with Gasteiger partial charge in [0.15, 0.2) is 0 Å². The van der Waals surface area contributed by atoms with Crippen LogP contribution in [0.4, 0.5) is 10.5 Å². The zero-order valence-electron chi connectivity index (χ0n) is 51.3. The number of benzene rings is 1. The molecule has 2 fully saturated rings. The fourth-order valence-electron chi connectivity index (χ4n) is 8.47. The van der Waals surface area contributed by atoms with Gasteiger partial charge >= 0.3 is 6.03 Å². The molecule has 18 nitrogen and oxygen atoms in total. The van der Waals surface area contributed by atoms with Crippen molar-refractivity contribution in [3.05, 3.63) is 54.3 Å². The van der Waals surface area contributed by atoms with E-state index in [1.54, 1.807) is 71.2 Å². The Morgan fingerprint density at radius 1 is 0.833 bits per heavy atom. The number of hydrogen-bond acceptors (Lipinski definition) is 12. The highest BCUT2D eigenvalue weighted by Crippen LogP contribution is 2.30. The zero-order valence-corrected chi connectivity index (χ0v) is 51.3. The topological polar surface area (TPSA) is 216 Å². The largest absolute Gasteiger partial charge is 0.379 e. The molecule has 1 aliphatic heterocycles. The second-order valence-electron chi connectivity index (χ2n) is 21.2. The Bertz CT molecular complexity index is 1900. The summed E-state index contributed by atoms with van der Waals surface area (Å²) in [5.41, 5.74) is 1.69. The summed E-state index contributed by atoms with van der Waals surface area (Å²) in [4.78, 5) is 99.4. The molecule has 78 heavy (non-hydrogen) atoms. The molecule has 4 N–H and O–H groups in total. The summed E-state index contributed by atoms with van der Waals surface area (Å²) in [6.07, 6.45) is 16.0. The van der Waals surface area contributed by atoms with Gasteiger partial charge in [0.25, 0.3) is 0 Å². The number of methoxy groups -OCH3 is 2. The third-order valence-electron chi connectivity index (χ3n) is 14.4. The van der Waals surface area contributed by atoms with Gasteiger partial charge in [-0.15, -0.1) is 0 Å². The van der Waals surface area contributed by atoms with E-state index in [-0.39, 0.29) is 84.7 Å². The number of anilines is 1. The Balaban J connectivity index is 0. The third kappa shape index (κ3) is 30.2. The molecule has 0 bridgehead atoms. The lowest BCUT2D eigenvalue weighted by molar-refractivity contribution is -0.136. The number of allylic oxidation sites excluding steroid dienone is 2. The number of ether oxygens (including phenoxy) is 2. The molecule has 2 aliphatic rings. The molecule has 1 aromatic carbocycles. The number of hydrogen-bond donors (Lipinski definition) is 4. The third-order valence-corrected chi connectivity index (χ3v) is 14.4. The van der Waals surface area contributed by atoms with Crippen LogP contribution in [0.1, 0.15) is 140 Å². The number of carbonyl (C=O) groups excluding carboxylic acids is 8. The predicted molar refractivity (Wildman–Crippen MR) is 315 cm³/mol. The van der Waals surface area contributed by atoms with E-state index >= 15 is 0 Å². The van der Waals surface area contributed by atoms with Crippen LogP contribution in [0.25, 0.3) is 0 Å². The lowest BCUT2D eigenvalue weighted by Gasteiger charge is -2.37. The highest BCUT2D eigenvalue weighted by Gasteiger charge is 2.34. The van der Waals surface area contributed by atoms with Crippen LogP contribution in [-0.4, -0.2) is 168 Å². The SMILES string of the molecule is CC(C)C(C)C.CC=CN(C)C(=O)NCC(=O)N(C)C(C(C)CC)C(CC=O)OC.CCC.CN[C@@H](C)C(=O)Nc1ccc(CNC(=O)C2CCC(CN(C)C(=O)/C=C\C=O)CC2)cc1.COC(C(C)C=O)C1CCCN1C. The number of aldehydes is 3. The van der Waals surface area contributed by atoms with Gasteiger partial charge in [-0.2, -0.15) is 0 Å². The fourth-order valence-corrected chi connectivity index (χ4v) is 8.47. The van der Waals surface area contributed by atoms with E-state index in [2.05, 4.69) is 74.8 Å². The molecule has 0 aromatic heterocycles. The fraction of sp³-hybridized carbons (Fsp3) is 0.700. The summed E-state index contributed by atoms with van der Waals surface area (Å²) < 4.78 is 10.8. The van der Waals surface area contributed by atoms with Crippen molar-refractivity contribution in [1.29, 1.82) is 0 Å². The highest BCUT2D eigenvalue weighted by atomic mass is 16.5. The molecule has 6 amide bonds. The summed E-state index contributed by atoms with van der Waals surface area (Å²) in [5, 5.41) is 11.3. The van der Waals surface area contributed by atoms with E-state index in [0.29, 0.717) is 31.3 Å². The summed E-state index contributed by atoms with van der Waals surface area (Å²) in [6, 6.07) is 7.00. The van der Waals surface area contributed by atoms with Crippen LogP contribution in [0.5, 0.6) is 0 Å². The van der Waals surface area contributed by atoms with Crippen LogP contribution in [0.3, 0.4) is 0 Å². The molecule has 7 atom stereocenters. The molecule has 18 heteroatoms. The van der Waals surface area contributed by atoms with Gasteiger partial charge in [0.05, 0.1) is 30.8 Å². The number of nitrogens with one attached hydrogen (secondary N) is 4.